The Kier molecular flexibility index (Phi) is 5.46. The number of aromatic amines is 1. The zero-order valence-electron chi connectivity index (χ0n) is 17.9. The summed E-state index contributed by atoms with van der Waals surface area (Å²) in [5.41, 5.74) is 0.163. The van der Waals surface area contributed by atoms with Gasteiger partial charge in [-0.2, -0.15) is 4.57 Å². The Morgan fingerprint density at radius 3 is 2.66 bits per heavy atom. The maximum absolute atomic E-state index is 13.1. The molecule has 3 N–H and O–H groups in total. The van der Waals surface area contributed by atoms with Crippen LogP contribution in [0.2, 0.25) is 0 Å². The summed E-state index contributed by atoms with van der Waals surface area (Å²) in [4.78, 5) is 40.0. The van der Waals surface area contributed by atoms with Gasteiger partial charge in [-0.25, -0.2) is 9.89 Å². The van der Waals surface area contributed by atoms with Crippen molar-refractivity contribution in [2.45, 2.75) is 44.7 Å². The van der Waals surface area contributed by atoms with Crippen LogP contribution in [0.3, 0.4) is 0 Å². The Balaban J connectivity index is 1.54. The highest BCUT2D eigenvalue weighted by Gasteiger charge is 2.35. The number of fused-ring (bicyclic) bond motifs is 1. The Labute approximate surface area is 184 Å². The summed E-state index contributed by atoms with van der Waals surface area (Å²) in [6, 6.07) is 0.0652. The second-order valence-electron chi connectivity index (χ2n) is 8.82. The largest absolute Gasteiger partial charge is 0.477 e. The van der Waals surface area contributed by atoms with Crippen LogP contribution in [0, 0.1) is 5.92 Å². The molecular formula is C22H28N5O5+. The minimum Gasteiger partial charge on any atom is -0.477 e. The Morgan fingerprint density at radius 1 is 1.25 bits per heavy atom. The van der Waals surface area contributed by atoms with E-state index in [0.29, 0.717) is 50.0 Å². The van der Waals surface area contributed by atoms with Gasteiger partial charge in [0.15, 0.2) is 0 Å². The fourth-order valence-electron chi connectivity index (χ4n) is 4.23. The highest BCUT2D eigenvalue weighted by atomic mass is 16.5. The molecule has 3 aliphatic rings. The number of carbonyl (C=O) groups excluding carboxylic acids is 2. The van der Waals surface area contributed by atoms with Crippen LogP contribution in [0.25, 0.3) is 11.7 Å². The molecular weight excluding hydrogens is 414 g/mol. The molecule has 2 amide bonds. The summed E-state index contributed by atoms with van der Waals surface area (Å²) in [6.45, 7) is 2.61. The van der Waals surface area contributed by atoms with E-state index in [1.807, 2.05) is 0 Å². The third kappa shape index (κ3) is 3.90. The second kappa shape index (κ2) is 8.42. The van der Waals surface area contributed by atoms with Crippen LogP contribution < -0.4 is 15.4 Å². The van der Waals surface area contributed by atoms with Crippen molar-refractivity contribution in [3.8, 4) is 5.88 Å². The van der Waals surface area contributed by atoms with E-state index in [1.165, 1.54) is 10.6 Å². The molecule has 0 unspecified atom stereocenters. The van der Waals surface area contributed by atoms with Crippen molar-refractivity contribution >= 4 is 23.5 Å². The molecule has 10 nitrogen and oxygen atoms in total. The van der Waals surface area contributed by atoms with Crippen LogP contribution in [-0.4, -0.2) is 63.8 Å². The lowest BCUT2D eigenvalue weighted by Gasteiger charge is -2.25. The molecule has 5 rings (SSSR count). The molecule has 2 aliphatic carbocycles. The van der Waals surface area contributed by atoms with Crippen LogP contribution in [0.4, 0.5) is 0 Å². The normalized spacial score (nSPS) is 19.4. The lowest BCUT2D eigenvalue weighted by molar-refractivity contribution is -0.689. The maximum Gasteiger partial charge on any atom is 0.378 e. The van der Waals surface area contributed by atoms with E-state index in [1.54, 1.807) is 21.7 Å². The number of nitrogens with one attached hydrogen (secondary N) is 2. The van der Waals surface area contributed by atoms with Gasteiger partial charge in [0.25, 0.3) is 5.91 Å². The van der Waals surface area contributed by atoms with Gasteiger partial charge in [0.1, 0.15) is 0 Å². The molecule has 32 heavy (non-hydrogen) atoms. The Hall–Kier alpha value is -3.14. The van der Waals surface area contributed by atoms with Crippen molar-refractivity contribution in [2.24, 2.45) is 5.92 Å². The Bertz CT molecular complexity index is 1140. The fourth-order valence-corrected chi connectivity index (χ4v) is 4.23. The maximum atomic E-state index is 13.1. The minimum atomic E-state index is -0.611. The van der Waals surface area contributed by atoms with Crippen molar-refractivity contribution in [1.29, 1.82) is 0 Å². The van der Waals surface area contributed by atoms with Crippen molar-refractivity contribution < 1.29 is 24.0 Å². The number of rotatable bonds is 6. The first-order valence-corrected chi connectivity index (χ1v) is 11.3. The van der Waals surface area contributed by atoms with E-state index >= 15 is 0 Å². The van der Waals surface area contributed by atoms with Gasteiger partial charge in [-0.15, -0.1) is 0 Å². The smallest absolute Gasteiger partial charge is 0.378 e. The van der Waals surface area contributed by atoms with Crippen LogP contribution in [0.5, 0.6) is 5.88 Å². The fraction of sp³-hybridized carbons (Fsp3) is 0.545. The predicted octanol–water partition coefficient (Wildman–Crippen LogP) is 0.185. The van der Waals surface area contributed by atoms with Crippen LogP contribution in [0.1, 0.15) is 48.0 Å². The SMILES string of the molecule is O=C(NC1CC1)c1c(O)[n+](CC2CCC2)c2c(/C=C/C(=O)N3CCOCC3)c[nH]n2c1=O. The summed E-state index contributed by atoms with van der Waals surface area (Å²) in [5, 5.41) is 16.7. The molecule has 0 aromatic carbocycles. The number of hydrogen-bond acceptors (Lipinski definition) is 5. The average molecular weight is 442 g/mol. The molecule has 0 radical (unpaired) electrons. The zero-order valence-corrected chi connectivity index (χ0v) is 17.9. The molecule has 2 saturated carbocycles. The average Bonchev–Trinajstić information content (AvgIpc) is 3.47. The van der Waals surface area contributed by atoms with Gasteiger partial charge in [-0.1, -0.05) is 10.9 Å². The summed E-state index contributed by atoms with van der Waals surface area (Å²) >= 11 is 0. The van der Waals surface area contributed by atoms with Gasteiger partial charge in [-0.05, 0) is 37.7 Å². The number of amides is 2. The summed E-state index contributed by atoms with van der Waals surface area (Å²) < 4.78 is 8.19. The van der Waals surface area contributed by atoms with Crippen molar-refractivity contribution in [3.05, 3.63) is 33.8 Å². The number of ether oxygens (including phenoxy) is 1. The van der Waals surface area contributed by atoms with Crippen LogP contribution >= 0.6 is 0 Å². The van der Waals surface area contributed by atoms with Gasteiger partial charge in [0, 0.05) is 25.2 Å². The van der Waals surface area contributed by atoms with E-state index in [0.717, 1.165) is 32.1 Å². The van der Waals surface area contributed by atoms with Gasteiger partial charge in [-0.3, -0.25) is 9.59 Å². The van der Waals surface area contributed by atoms with Crippen LogP contribution in [0.15, 0.2) is 17.1 Å². The van der Waals surface area contributed by atoms with E-state index in [-0.39, 0.29) is 23.4 Å². The molecule has 3 fully saturated rings. The van der Waals surface area contributed by atoms with E-state index in [2.05, 4.69) is 10.4 Å². The number of H-pyrrole nitrogens is 1. The first-order chi connectivity index (χ1) is 15.5. The number of nitrogens with zero attached hydrogens (tertiary/aromatic N) is 3. The van der Waals surface area contributed by atoms with Crippen molar-refractivity contribution in [2.75, 3.05) is 26.3 Å². The monoisotopic (exact) mass is 442 g/mol. The molecule has 1 saturated heterocycles. The summed E-state index contributed by atoms with van der Waals surface area (Å²) in [7, 11) is 0. The third-order valence-corrected chi connectivity index (χ3v) is 6.50. The first kappa shape index (κ1) is 20.7. The van der Waals surface area contributed by atoms with E-state index in [4.69, 9.17) is 4.74 Å². The topological polar surface area (TPSA) is 120 Å². The lowest BCUT2D eigenvalue weighted by Crippen LogP contribution is -2.47. The molecule has 3 heterocycles. The first-order valence-electron chi connectivity index (χ1n) is 11.3. The molecule has 1 aliphatic heterocycles. The standard InChI is InChI=1S/C22H27N5O5/c28-17(25-8-10-32-11-9-25)7-4-15-12-23-27-20(15)26(13-14-2-1-3-14)21(30)18(22(27)31)19(29)24-16-5-6-16/h4,7,12,14,16H,1-3,5-6,8-11,13H2,(H2,24,29,30,31)/p+1/b7-4+. The predicted molar refractivity (Wildman–Crippen MR) is 114 cm³/mol. The molecule has 0 bridgehead atoms. The number of aromatic nitrogens is 3. The quantitative estimate of drug-likeness (QED) is 0.436. The van der Waals surface area contributed by atoms with Crippen LogP contribution in [-0.2, 0) is 16.1 Å². The highest BCUT2D eigenvalue weighted by Crippen LogP contribution is 2.28. The summed E-state index contributed by atoms with van der Waals surface area (Å²) in [5.74, 6) is -0.645. The van der Waals surface area contributed by atoms with E-state index in [9.17, 15) is 19.5 Å². The van der Waals surface area contributed by atoms with Gasteiger partial charge in [0.2, 0.25) is 11.5 Å². The van der Waals surface area contributed by atoms with Gasteiger partial charge in [0.05, 0.1) is 31.5 Å². The van der Waals surface area contributed by atoms with Crippen molar-refractivity contribution in [1.82, 2.24) is 19.8 Å². The zero-order chi connectivity index (χ0) is 22.2. The third-order valence-electron chi connectivity index (χ3n) is 6.50. The Morgan fingerprint density at radius 2 is 2.00 bits per heavy atom. The molecule has 170 valence electrons. The minimum absolute atomic E-state index is 0.0652. The number of aromatic hydroxyl groups is 1. The second-order valence-corrected chi connectivity index (χ2v) is 8.82. The number of hydrogen-bond donors (Lipinski definition) is 3. The molecule has 0 atom stereocenters. The van der Waals surface area contributed by atoms with Gasteiger partial charge < -0.3 is 20.1 Å². The molecule has 2 aromatic heterocycles. The highest BCUT2D eigenvalue weighted by molar-refractivity contribution is 5.96. The van der Waals surface area contributed by atoms with Crippen molar-refractivity contribution in [3.63, 3.8) is 0 Å². The number of morpholine rings is 1. The van der Waals surface area contributed by atoms with E-state index < -0.39 is 11.5 Å². The summed E-state index contributed by atoms with van der Waals surface area (Å²) in [6.07, 6.45) is 9.68. The molecule has 0 spiro atoms. The molecule has 10 heteroatoms. The lowest BCUT2D eigenvalue weighted by atomic mass is 9.85. The van der Waals surface area contributed by atoms with Gasteiger partial charge >= 0.3 is 17.1 Å². The molecule has 2 aromatic rings. The number of carbonyl (C=O) groups is 2.